The van der Waals surface area contributed by atoms with Gasteiger partial charge in [0.25, 0.3) is 5.91 Å². The minimum absolute atomic E-state index is 0.157. The molecule has 1 N–H and O–H groups in total. The molecule has 4 amide bonds. The third-order valence-electron chi connectivity index (χ3n) is 5.49. The number of imide groups is 1. The molecule has 1 unspecified atom stereocenters. The zero-order valence-electron chi connectivity index (χ0n) is 14.4. The van der Waals surface area contributed by atoms with Crippen LogP contribution in [0.25, 0.3) is 0 Å². The molecule has 1 saturated heterocycles. The molecular weight excluding hydrogens is 318 g/mol. The van der Waals surface area contributed by atoms with E-state index in [-0.39, 0.29) is 30.3 Å². The highest BCUT2D eigenvalue weighted by molar-refractivity contribution is 6.09. The molecule has 3 aliphatic rings. The van der Waals surface area contributed by atoms with Crippen LogP contribution < -0.4 is 5.32 Å². The van der Waals surface area contributed by atoms with E-state index in [1.165, 1.54) is 0 Å². The third kappa shape index (κ3) is 3.01. The van der Waals surface area contributed by atoms with E-state index >= 15 is 0 Å². The van der Waals surface area contributed by atoms with Crippen molar-refractivity contribution in [3.63, 3.8) is 0 Å². The van der Waals surface area contributed by atoms with E-state index in [0.29, 0.717) is 6.54 Å². The largest absolute Gasteiger partial charge is 0.334 e. The number of urea groups is 1. The first kappa shape index (κ1) is 16.1. The molecule has 1 atom stereocenters. The summed E-state index contributed by atoms with van der Waals surface area (Å²) in [4.78, 5) is 40.7. The van der Waals surface area contributed by atoms with E-state index in [2.05, 4.69) is 5.32 Å². The van der Waals surface area contributed by atoms with Gasteiger partial charge in [0, 0.05) is 12.6 Å². The monoisotopic (exact) mass is 341 g/mol. The van der Waals surface area contributed by atoms with Gasteiger partial charge in [0.05, 0.1) is 0 Å². The van der Waals surface area contributed by atoms with Crippen LogP contribution in [-0.4, -0.2) is 45.8 Å². The number of hydrogen-bond donors (Lipinski definition) is 1. The molecule has 25 heavy (non-hydrogen) atoms. The van der Waals surface area contributed by atoms with Gasteiger partial charge in [0.15, 0.2) is 0 Å². The highest BCUT2D eigenvalue weighted by Gasteiger charge is 2.56. The lowest BCUT2D eigenvalue weighted by atomic mass is 9.96. The van der Waals surface area contributed by atoms with Crippen molar-refractivity contribution in [2.45, 2.75) is 50.7 Å². The molecule has 1 aliphatic heterocycles. The maximum atomic E-state index is 12.8. The van der Waals surface area contributed by atoms with Crippen LogP contribution in [0.15, 0.2) is 30.3 Å². The number of nitrogens with zero attached hydrogens (tertiary/aromatic N) is 2. The predicted molar refractivity (Wildman–Crippen MR) is 91.4 cm³/mol. The van der Waals surface area contributed by atoms with Gasteiger partial charge < -0.3 is 10.2 Å². The van der Waals surface area contributed by atoms with Crippen LogP contribution in [0.5, 0.6) is 0 Å². The Morgan fingerprint density at radius 2 is 1.88 bits per heavy atom. The number of benzene rings is 1. The van der Waals surface area contributed by atoms with Gasteiger partial charge in [-0.1, -0.05) is 30.3 Å². The van der Waals surface area contributed by atoms with Gasteiger partial charge in [-0.05, 0) is 44.1 Å². The van der Waals surface area contributed by atoms with Crippen molar-refractivity contribution in [3.8, 4) is 0 Å². The Morgan fingerprint density at radius 1 is 1.20 bits per heavy atom. The maximum absolute atomic E-state index is 12.8. The standard InChI is InChI=1S/C19H23N3O3/c1-19(14-7-8-14)17(24)22(18(25)20-19)12-16(23)21(15-9-10-15)11-13-5-3-2-4-6-13/h2-6,14-15H,7-12H2,1H3,(H,20,25). The van der Waals surface area contributed by atoms with E-state index in [1.54, 1.807) is 6.92 Å². The topological polar surface area (TPSA) is 69.7 Å². The molecule has 132 valence electrons. The van der Waals surface area contributed by atoms with Crippen LogP contribution in [0.4, 0.5) is 4.79 Å². The lowest BCUT2D eigenvalue weighted by molar-refractivity contribution is -0.139. The van der Waals surface area contributed by atoms with Crippen LogP contribution in [0.3, 0.4) is 0 Å². The zero-order chi connectivity index (χ0) is 17.6. The number of hydrogen-bond acceptors (Lipinski definition) is 3. The first-order valence-electron chi connectivity index (χ1n) is 8.96. The fraction of sp³-hybridized carbons (Fsp3) is 0.526. The van der Waals surface area contributed by atoms with Gasteiger partial charge in [0.2, 0.25) is 5.91 Å². The van der Waals surface area contributed by atoms with Crippen molar-refractivity contribution in [1.29, 1.82) is 0 Å². The number of carbonyl (C=O) groups excluding carboxylic acids is 3. The first-order chi connectivity index (χ1) is 12.0. The van der Waals surface area contributed by atoms with Crippen molar-refractivity contribution in [2.24, 2.45) is 5.92 Å². The summed E-state index contributed by atoms with van der Waals surface area (Å²) in [5.41, 5.74) is 0.226. The number of carbonyl (C=O) groups is 3. The summed E-state index contributed by atoms with van der Waals surface area (Å²) >= 11 is 0. The molecule has 4 rings (SSSR count). The summed E-state index contributed by atoms with van der Waals surface area (Å²) in [5, 5.41) is 2.80. The Bertz CT molecular complexity index is 712. The van der Waals surface area contributed by atoms with E-state index < -0.39 is 11.6 Å². The molecule has 0 bridgehead atoms. The van der Waals surface area contributed by atoms with Crippen LogP contribution in [0.2, 0.25) is 0 Å². The minimum Gasteiger partial charge on any atom is -0.334 e. The smallest absolute Gasteiger partial charge is 0.325 e. The molecule has 1 aromatic rings. The first-order valence-corrected chi connectivity index (χ1v) is 8.96. The van der Waals surface area contributed by atoms with Gasteiger partial charge >= 0.3 is 6.03 Å². The average Bonchev–Trinajstić information content (AvgIpc) is 3.49. The molecule has 3 fully saturated rings. The Kier molecular flexibility index (Phi) is 3.78. The van der Waals surface area contributed by atoms with Crippen LogP contribution in [-0.2, 0) is 16.1 Å². The summed E-state index contributed by atoms with van der Waals surface area (Å²) in [5.74, 6) is -0.216. The second-order valence-electron chi connectivity index (χ2n) is 7.54. The molecular formula is C19H23N3O3. The Hall–Kier alpha value is -2.37. The SMILES string of the molecule is CC1(C2CC2)NC(=O)N(CC(=O)N(Cc2ccccc2)C2CC2)C1=O. The molecule has 0 spiro atoms. The van der Waals surface area contributed by atoms with Crippen molar-refractivity contribution >= 4 is 17.8 Å². The van der Waals surface area contributed by atoms with Gasteiger partial charge in [-0.25, -0.2) is 4.79 Å². The summed E-state index contributed by atoms with van der Waals surface area (Å²) in [6, 6.07) is 9.60. The lowest BCUT2D eigenvalue weighted by Crippen LogP contribution is -2.47. The molecule has 0 radical (unpaired) electrons. The van der Waals surface area contributed by atoms with E-state index in [1.807, 2.05) is 35.2 Å². The molecule has 2 saturated carbocycles. The fourth-order valence-electron chi connectivity index (χ4n) is 3.61. The third-order valence-corrected chi connectivity index (χ3v) is 5.49. The summed E-state index contributed by atoms with van der Waals surface area (Å²) in [6.45, 7) is 2.13. The van der Waals surface area contributed by atoms with E-state index in [9.17, 15) is 14.4 Å². The molecule has 6 heteroatoms. The van der Waals surface area contributed by atoms with Crippen molar-refractivity contribution in [3.05, 3.63) is 35.9 Å². The number of nitrogens with one attached hydrogen (secondary N) is 1. The van der Waals surface area contributed by atoms with Crippen LogP contribution in [0, 0.1) is 5.92 Å². The molecule has 2 aliphatic carbocycles. The molecule has 0 aromatic heterocycles. The quantitative estimate of drug-likeness (QED) is 0.804. The Morgan fingerprint density at radius 3 is 2.48 bits per heavy atom. The second kappa shape index (κ2) is 5.86. The normalized spacial score (nSPS) is 25.9. The van der Waals surface area contributed by atoms with Gasteiger partial charge in [-0.15, -0.1) is 0 Å². The summed E-state index contributed by atoms with van der Waals surface area (Å²) < 4.78 is 0. The second-order valence-corrected chi connectivity index (χ2v) is 7.54. The highest BCUT2D eigenvalue weighted by Crippen LogP contribution is 2.42. The fourth-order valence-corrected chi connectivity index (χ4v) is 3.61. The summed E-state index contributed by atoms with van der Waals surface area (Å²) in [7, 11) is 0. The molecule has 1 aromatic carbocycles. The summed E-state index contributed by atoms with van der Waals surface area (Å²) in [6.07, 6.45) is 3.87. The minimum atomic E-state index is -0.832. The Labute approximate surface area is 147 Å². The average molecular weight is 341 g/mol. The number of amides is 4. The molecule has 6 nitrogen and oxygen atoms in total. The van der Waals surface area contributed by atoms with Gasteiger partial charge in [-0.3, -0.25) is 14.5 Å². The zero-order valence-corrected chi connectivity index (χ0v) is 14.4. The van der Waals surface area contributed by atoms with Gasteiger partial charge in [0.1, 0.15) is 12.1 Å². The Balaban J connectivity index is 1.46. The number of rotatable bonds is 6. The van der Waals surface area contributed by atoms with Crippen LogP contribution in [0.1, 0.15) is 38.2 Å². The van der Waals surface area contributed by atoms with Crippen molar-refractivity contribution in [1.82, 2.24) is 15.1 Å². The predicted octanol–water partition coefficient (Wildman–Crippen LogP) is 1.90. The van der Waals surface area contributed by atoms with E-state index in [4.69, 9.17) is 0 Å². The lowest BCUT2D eigenvalue weighted by Gasteiger charge is -2.25. The maximum Gasteiger partial charge on any atom is 0.325 e. The van der Waals surface area contributed by atoms with E-state index in [0.717, 1.165) is 36.1 Å². The van der Waals surface area contributed by atoms with Crippen LogP contribution >= 0.6 is 0 Å². The van der Waals surface area contributed by atoms with Crippen molar-refractivity contribution in [2.75, 3.05) is 6.54 Å². The molecule has 1 heterocycles. The van der Waals surface area contributed by atoms with Gasteiger partial charge in [-0.2, -0.15) is 0 Å². The highest BCUT2D eigenvalue weighted by atomic mass is 16.2. The van der Waals surface area contributed by atoms with Crippen molar-refractivity contribution < 1.29 is 14.4 Å².